The molecule has 1 fully saturated rings. The first-order valence-corrected chi connectivity index (χ1v) is 7.94. The van der Waals surface area contributed by atoms with Crippen LogP contribution in [0.5, 0.6) is 0 Å². The number of unbranched alkanes of at least 4 members (excludes halogenated alkanes) is 2. The summed E-state index contributed by atoms with van der Waals surface area (Å²) in [5, 5.41) is 0. The molecule has 0 aromatic heterocycles. The van der Waals surface area contributed by atoms with E-state index in [4.69, 9.17) is 9.47 Å². The molecule has 1 saturated heterocycles. The van der Waals surface area contributed by atoms with Gasteiger partial charge in [0.25, 0.3) is 0 Å². The van der Waals surface area contributed by atoms with Gasteiger partial charge in [0.05, 0.1) is 13.0 Å². The molecule has 0 aromatic rings. The summed E-state index contributed by atoms with van der Waals surface area (Å²) in [5.41, 5.74) is -0.583. The fourth-order valence-corrected chi connectivity index (χ4v) is 2.35. The molecule has 6 heteroatoms. The van der Waals surface area contributed by atoms with Crippen LogP contribution in [0.25, 0.3) is 0 Å². The second kappa shape index (κ2) is 8.15. The van der Waals surface area contributed by atoms with Gasteiger partial charge in [-0.25, -0.2) is 9.69 Å². The van der Waals surface area contributed by atoms with E-state index in [0.29, 0.717) is 6.42 Å². The first-order chi connectivity index (χ1) is 10.2. The molecule has 1 rings (SSSR count). The van der Waals surface area contributed by atoms with Gasteiger partial charge in [0, 0.05) is 5.92 Å². The van der Waals surface area contributed by atoms with Crippen LogP contribution >= 0.6 is 0 Å². The van der Waals surface area contributed by atoms with Gasteiger partial charge in [-0.2, -0.15) is 0 Å². The summed E-state index contributed by atoms with van der Waals surface area (Å²) in [6.45, 7) is 7.92. The molecule has 0 radical (unpaired) electrons. The third kappa shape index (κ3) is 6.03. The number of rotatable bonds is 7. The average Bonchev–Trinajstić information content (AvgIpc) is 2.81. The highest BCUT2D eigenvalue weighted by Crippen LogP contribution is 2.21. The zero-order valence-corrected chi connectivity index (χ0v) is 14.0. The van der Waals surface area contributed by atoms with Crippen molar-refractivity contribution in [3.63, 3.8) is 0 Å². The minimum atomic E-state index is -0.616. The Morgan fingerprint density at radius 1 is 1.32 bits per heavy atom. The molecule has 1 aliphatic heterocycles. The summed E-state index contributed by atoms with van der Waals surface area (Å²) in [7, 11) is 0. The summed E-state index contributed by atoms with van der Waals surface area (Å²) in [6, 6.07) is 0. The van der Waals surface area contributed by atoms with Crippen LogP contribution in [0.3, 0.4) is 0 Å². The highest BCUT2D eigenvalue weighted by Gasteiger charge is 2.35. The van der Waals surface area contributed by atoms with Crippen molar-refractivity contribution in [3.8, 4) is 0 Å². The van der Waals surface area contributed by atoms with E-state index in [1.165, 1.54) is 0 Å². The van der Waals surface area contributed by atoms with Crippen LogP contribution in [-0.2, 0) is 19.1 Å². The van der Waals surface area contributed by atoms with Gasteiger partial charge in [-0.1, -0.05) is 26.2 Å². The summed E-state index contributed by atoms with van der Waals surface area (Å²) in [4.78, 5) is 37.1. The minimum absolute atomic E-state index is 0.00357. The van der Waals surface area contributed by atoms with E-state index in [1.807, 2.05) is 0 Å². The molecule has 0 aliphatic carbocycles. The Labute approximate surface area is 132 Å². The number of nitrogens with zero attached hydrogens (tertiary/aromatic N) is 1. The normalized spacial score (nSPS) is 16.4. The van der Waals surface area contributed by atoms with Crippen molar-refractivity contribution in [2.75, 3.05) is 13.2 Å². The van der Waals surface area contributed by atoms with Gasteiger partial charge < -0.3 is 9.47 Å². The molecule has 22 heavy (non-hydrogen) atoms. The molecule has 126 valence electrons. The largest absolute Gasteiger partial charge is 0.460 e. The lowest BCUT2D eigenvalue weighted by Crippen LogP contribution is -2.38. The molecule has 0 unspecified atom stereocenters. The van der Waals surface area contributed by atoms with Gasteiger partial charge in [-0.3, -0.25) is 9.59 Å². The predicted octanol–water partition coefficient (Wildman–Crippen LogP) is 2.89. The van der Waals surface area contributed by atoms with E-state index in [2.05, 4.69) is 6.92 Å². The number of cyclic esters (lactones) is 1. The molecule has 0 saturated carbocycles. The van der Waals surface area contributed by atoms with Crippen LogP contribution in [0.1, 0.15) is 59.8 Å². The van der Waals surface area contributed by atoms with Crippen molar-refractivity contribution >= 4 is 18.0 Å². The highest BCUT2D eigenvalue weighted by atomic mass is 16.6. The quantitative estimate of drug-likeness (QED) is 0.534. The number of imide groups is 1. The summed E-state index contributed by atoms with van der Waals surface area (Å²) in [6.07, 6.45) is 2.83. The summed E-state index contributed by atoms with van der Waals surface area (Å²) >= 11 is 0. The molecule has 0 N–H and O–H groups in total. The van der Waals surface area contributed by atoms with Crippen LogP contribution in [0, 0.1) is 5.92 Å². The first kappa shape index (κ1) is 18.5. The van der Waals surface area contributed by atoms with Gasteiger partial charge in [0.1, 0.15) is 12.2 Å². The van der Waals surface area contributed by atoms with Gasteiger partial charge in [0.15, 0.2) is 0 Å². The predicted molar refractivity (Wildman–Crippen MR) is 81.2 cm³/mol. The number of esters is 1. The third-order valence-corrected chi connectivity index (χ3v) is 3.37. The molecule has 6 nitrogen and oxygen atoms in total. The summed E-state index contributed by atoms with van der Waals surface area (Å²) < 4.78 is 10.1. The Morgan fingerprint density at radius 3 is 2.50 bits per heavy atom. The van der Waals surface area contributed by atoms with Gasteiger partial charge in [-0.05, 0) is 27.2 Å². The first-order valence-electron chi connectivity index (χ1n) is 7.94. The Balaban J connectivity index is 2.68. The number of ether oxygens (including phenoxy) is 2. The molecular weight excluding hydrogens is 286 g/mol. The molecular formula is C16H27NO5. The molecule has 0 bridgehead atoms. The number of carbonyl (C=O) groups is 3. The number of amides is 2. The van der Waals surface area contributed by atoms with Gasteiger partial charge in [-0.15, -0.1) is 0 Å². The maximum absolute atomic E-state index is 12.5. The zero-order valence-electron chi connectivity index (χ0n) is 14.0. The fraction of sp³-hybridized carbons (Fsp3) is 0.812. The van der Waals surface area contributed by atoms with Crippen LogP contribution in [0.2, 0.25) is 0 Å². The van der Waals surface area contributed by atoms with E-state index >= 15 is 0 Å². The number of hydrogen-bond donors (Lipinski definition) is 0. The maximum Gasteiger partial charge on any atom is 0.416 e. The zero-order chi connectivity index (χ0) is 16.8. The minimum Gasteiger partial charge on any atom is -0.460 e. The Kier molecular flexibility index (Phi) is 6.84. The lowest BCUT2D eigenvalue weighted by molar-refractivity contribution is -0.158. The SMILES string of the molecule is CCCCC[C@H](CC(=O)OC(C)(C)C)C(=O)N1CCOC1=O. The van der Waals surface area contributed by atoms with E-state index in [-0.39, 0.29) is 25.5 Å². The highest BCUT2D eigenvalue weighted by molar-refractivity contribution is 5.95. The van der Waals surface area contributed by atoms with Gasteiger partial charge in [0.2, 0.25) is 5.91 Å². The number of carbonyl (C=O) groups excluding carboxylic acids is 3. The van der Waals surface area contributed by atoms with Crippen molar-refractivity contribution in [1.82, 2.24) is 4.90 Å². The summed E-state index contributed by atoms with van der Waals surface area (Å²) in [5.74, 6) is -1.26. The second-order valence-corrected chi connectivity index (χ2v) is 6.59. The smallest absolute Gasteiger partial charge is 0.416 e. The second-order valence-electron chi connectivity index (χ2n) is 6.59. The lowest BCUT2D eigenvalue weighted by atomic mass is 9.96. The fourth-order valence-electron chi connectivity index (χ4n) is 2.35. The third-order valence-electron chi connectivity index (χ3n) is 3.37. The van der Waals surface area contributed by atoms with E-state index in [1.54, 1.807) is 20.8 Å². The topological polar surface area (TPSA) is 72.9 Å². The molecule has 2 amide bonds. The van der Waals surface area contributed by atoms with Crippen LogP contribution in [0.4, 0.5) is 4.79 Å². The lowest BCUT2D eigenvalue weighted by Gasteiger charge is -2.23. The van der Waals surface area contributed by atoms with Crippen LogP contribution < -0.4 is 0 Å². The number of hydrogen-bond acceptors (Lipinski definition) is 5. The van der Waals surface area contributed by atoms with Crippen molar-refractivity contribution in [1.29, 1.82) is 0 Å². The Bertz CT molecular complexity index is 413. The van der Waals surface area contributed by atoms with Crippen LogP contribution in [-0.4, -0.2) is 41.6 Å². The molecule has 0 spiro atoms. The maximum atomic E-state index is 12.5. The van der Waals surface area contributed by atoms with Crippen LogP contribution in [0.15, 0.2) is 0 Å². The standard InChI is InChI=1S/C16H27NO5/c1-5-6-7-8-12(11-13(18)22-16(2,3)4)14(19)17-9-10-21-15(17)20/h12H,5-11H2,1-4H3/t12-/m1/s1. The van der Waals surface area contributed by atoms with Crippen molar-refractivity contribution in [3.05, 3.63) is 0 Å². The Morgan fingerprint density at radius 2 is 2.00 bits per heavy atom. The monoisotopic (exact) mass is 313 g/mol. The van der Waals surface area contributed by atoms with Crippen molar-refractivity contribution < 1.29 is 23.9 Å². The molecule has 1 atom stereocenters. The van der Waals surface area contributed by atoms with Crippen molar-refractivity contribution in [2.24, 2.45) is 5.92 Å². The van der Waals surface area contributed by atoms with E-state index < -0.39 is 23.6 Å². The molecule has 0 aromatic carbocycles. The molecule has 1 aliphatic rings. The molecule has 1 heterocycles. The van der Waals surface area contributed by atoms with Crippen molar-refractivity contribution in [2.45, 2.75) is 65.4 Å². The van der Waals surface area contributed by atoms with Gasteiger partial charge >= 0.3 is 12.1 Å². The van der Waals surface area contributed by atoms with E-state index in [0.717, 1.165) is 24.2 Å². The van der Waals surface area contributed by atoms with E-state index in [9.17, 15) is 14.4 Å². The average molecular weight is 313 g/mol. The Hall–Kier alpha value is -1.59.